The molecule has 15 rings (SSSR count). The molecule has 0 aliphatic rings. The van der Waals surface area contributed by atoms with Gasteiger partial charge >= 0.3 is 0 Å². The fourth-order valence-electron chi connectivity index (χ4n) is 11.2. The van der Waals surface area contributed by atoms with Crippen LogP contribution >= 0.6 is 22.7 Å². The van der Waals surface area contributed by atoms with E-state index in [1.54, 1.807) is 0 Å². The summed E-state index contributed by atoms with van der Waals surface area (Å²) in [6.07, 6.45) is 0. The van der Waals surface area contributed by atoms with Gasteiger partial charge in [0.1, 0.15) is 11.2 Å². The Hall–Kier alpha value is -8.74. The number of nitrogens with zero attached hydrogens (tertiary/aromatic N) is 2. The molecular weight excluding hydrogens is 901 g/mol. The molecule has 0 bridgehead atoms. The van der Waals surface area contributed by atoms with Crippen molar-refractivity contribution in [2.45, 2.75) is 0 Å². The van der Waals surface area contributed by atoms with Gasteiger partial charge in [0.15, 0.2) is 0 Å². The summed E-state index contributed by atoms with van der Waals surface area (Å²) < 4.78 is 14.7. The highest BCUT2D eigenvalue weighted by atomic mass is 32.1. The van der Waals surface area contributed by atoms with E-state index in [9.17, 15) is 0 Å². The Balaban J connectivity index is 0.911. The van der Waals surface area contributed by atoms with Crippen molar-refractivity contribution in [3.05, 3.63) is 243 Å². The molecule has 0 amide bonds. The normalized spacial score (nSPS) is 11.9. The van der Waals surface area contributed by atoms with Crippen LogP contribution in [0.2, 0.25) is 0 Å². The third kappa shape index (κ3) is 6.27. The van der Waals surface area contributed by atoms with Gasteiger partial charge in [-0.1, -0.05) is 164 Å². The van der Waals surface area contributed by atoms with E-state index in [2.05, 4.69) is 252 Å². The van der Waals surface area contributed by atoms with Crippen LogP contribution in [0, 0.1) is 0 Å². The SMILES string of the molecule is c1cc(-c2ccc(N(c3ccc(-c4cccc5c4sc4ccccc45)cc3)c3ccc(-c4cccc5c4sc4ccccc45)cc3)c3c2oc2ccccc23)cc(-n2c3ccccc3c3ccccc32)c1. The summed E-state index contributed by atoms with van der Waals surface area (Å²) in [4.78, 5) is 2.41. The second-order valence-electron chi connectivity index (χ2n) is 18.3. The third-order valence-electron chi connectivity index (χ3n) is 14.4. The van der Waals surface area contributed by atoms with Gasteiger partial charge in [0, 0.05) is 79.1 Å². The molecule has 11 aromatic carbocycles. The molecule has 0 aliphatic carbocycles. The number of fused-ring (bicyclic) bond motifs is 12. The summed E-state index contributed by atoms with van der Waals surface area (Å²) in [6.45, 7) is 0. The van der Waals surface area contributed by atoms with Gasteiger partial charge in [-0.15, -0.1) is 22.7 Å². The fourth-order valence-corrected chi connectivity index (χ4v) is 13.7. The molecule has 0 saturated carbocycles. The van der Waals surface area contributed by atoms with Crippen molar-refractivity contribution >= 4 is 124 Å². The first-order valence-corrected chi connectivity index (χ1v) is 25.7. The van der Waals surface area contributed by atoms with E-state index in [0.29, 0.717) is 0 Å². The standard InChI is InChI=1S/C66H40N2OS2/c1-6-25-57-50(16-1)51-17-2-7-26-58(51)68(57)46-15-11-14-43(40-46)47-38-39-59(63-56-20-3-8-27-60(56)69-64(47)63)67(44-34-30-41(31-35-44)48-21-12-23-54-52-18-4-9-28-61(52)70-65(48)54)45-36-32-42(33-37-45)49-22-13-24-55-53-19-5-10-29-62(53)71-66(49)55/h1-40H. The maximum Gasteiger partial charge on any atom is 0.145 e. The Bertz CT molecular complexity index is 4380. The van der Waals surface area contributed by atoms with E-state index in [-0.39, 0.29) is 0 Å². The zero-order chi connectivity index (χ0) is 46.6. The molecule has 5 heteroatoms. The molecule has 0 saturated heterocycles. The van der Waals surface area contributed by atoms with E-state index in [0.717, 1.165) is 55.8 Å². The third-order valence-corrected chi connectivity index (χ3v) is 16.9. The Morgan fingerprint density at radius 2 is 0.845 bits per heavy atom. The largest absolute Gasteiger partial charge is 0.455 e. The van der Waals surface area contributed by atoms with Crippen molar-refractivity contribution in [3.63, 3.8) is 0 Å². The summed E-state index contributed by atoms with van der Waals surface area (Å²) >= 11 is 3.74. The Kier molecular flexibility index (Phi) is 9.00. The van der Waals surface area contributed by atoms with Crippen molar-refractivity contribution in [1.29, 1.82) is 0 Å². The second-order valence-corrected chi connectivity index (χ2v) is 20.4. The number of rotatable bonds is 7. The average molecular weight is 941 g/mol. The van der Waals surface area contributed by atoms with Crippen LogP contribution in [0.25, 0.3) is 123 Å². The first-order chi connectivity index (χ1) is 35.2. The van der Waals surface area contributed by atoms with Crippen LogP contribution in [-0.2, 0) is 0 Å². The second kappa shape index (κ2) is 15.9. The number of hydrogen-bond donors (Lipinski definition) is 0. The molecule has 0 spiro atoms. The predicted molar refractivity (Wildman–Crippen MR) is 305 cm³/mol. The lowest BCUT2D eigenvalue weighted by Crippen LogP contribution is -2.10. The number of aromatic nitrogens is 1. The molecule has 0 unspecified atom stereocenters. The lowest BCUT2D eigenvalue weighted by atomic mass is 9.98. The van der Waals surface area contributed by atoms with Gasteiger partial charge in [0.2, 0.25) is 0 Å². The molecule has 0 radical (unpaired) electrons. The van der Waals surface area contributed by atoms with Gasteiger partial charge < -0.3 is 13.9 Å². The van der Waals surface area contributed by atoms with Gasteiger partial charge in [-0.3, -0.25) is 0 Å². The number of benzene rings is 11. The molecule has 15 aromatic rings. The summed E-state index contributed by atoms with van der Waals surface area (Å²) in [5.41, 5.74) is 15.4. The van der Waals surface area contributed by atoms with Gasteiger partial charge in [-0.25, -0.2) is 0 Å². The minimum absolute atomic E-state index is 0.855. The number of furan rings is 1. The predicted octanol–water partition coefficient (Wildman–Crippen LogP) is 19.9. The van der Waals surface area contributed by atoms with Crippen molar-refractivity contribution in [1.82, 2.24) is 4.57 Å². The van der Waals surface area contributed by atoms with Crippen LogP contribution in [0.4, 0.5) is 17.1 Å². The minimum atomic E-state index is 0.855. The van der Waals surface area contributed by atoms with Crippen molar-refractivity contribution in [2.75, 3.05) is 4.90 Å². The molecule has 0 fully saturated rings. The molecular formula is C66H40N2OS2. The van der Waals surface area contributed by atoms with Gasteiger partial charge in [-0.2, -0.15) is 0 Å². The number of para-hydroxylation sites is 3. The van der Waals surface area contributed by atoms with E-state index >= 15 is 0 Å². The Morgan fingerprint density at radius 1 is 0.352 bits per heavy atom. The molecule has 0 atom stereocenters. The monoisotopic (exact) mass is 940 g/mol. The molecule has 3 nitrogen and oxygen atoms in total. The highest BCUT2D eigenvalue weighted by Crippen LogP contribution is 2.48. The number of hydrogen-bond acceptors (Lipinski definition) is 4. The summed E-state index contributed by atoms with van der Waals surface area (Å²) in [5, 5.41) is 9.85. The summed E-state index contributed by atoms with van der Waals surface area (Å²) in [6, 6.07) is 88.5. The first kappa shape index (κ1) is 40.2. The molecule has 4 heterocycles. The van der Waals surface area contributed by atoms with Crippen LogP contribution in [0.15, 0.2) is 247 Å². The number of thiophene rings is 2. The van der Waals surface area contributed by atoms with Crippen LogP contribution in [0.1, 0.15) is 0 Å². The van der Waals surface area contributed by atoms with Gasteiger partial charge in [0.25, 0.3) is 0 Å². The average Bonchev–Trinajstić information content (AvgIpc) is 4.21. The van der Waals surface area contributed by atoms with E-state index in [4.69, 9.17) is 4.42 Å². The lowest BCUT2D eigenvalue weighted by Gasteiger charge is -2.27. The highest BCUT2D eigenvalue weighted by Gasteiger charge is 2.24. The minimum Gasteiger partial charge on any atom is -0.455 e. The highest BCUT2D eigenvalue weighted by molar-refractivity contribution is 7.26. The van der Waals surface area contributed by atoms with Crippen molar-refractivity contribution in [3.8, 4) is 39.1 Å². The Labute approximate surface area is 416 Å². The zero-order valence-electron chi connectivity index (χ0n) is 38.2. The molecule has 0 aliphatic heterocycles. The smallest absolute Gasteiger partial charge is 0.145 e. The van der Waals surface area contributed by atoms with Crippen LogP contribution in [0.5, 0.6) is 0 Å². The molecule has 71 heavy (non-hydrogen) atoms. The van der Waals surface area contributed by atoms with E-state index in [1.165, 1.54) is 84.4 Å². The van der Waals surface area contributed by atoms with Crippen LogP contribution in [0.3, 0.4) is 0 Å². The maximum atomic E-state index is 7.03. The maximum absolute atomic E-state index is 7.03. The van der Waals surface area contributed by atoms with Crippen molar-refractivity contribution < 1.29 is 4.42 Å². The summed E-state index contributed by atoms with van der Waals surface area (Å²) in [5.74, 6) is 0. The molecule has 4 aromatic heterocycles. The van der Waals surface area contributed by atoms with Gasteiger partial charge in [-0.05, 0) is 107 Å². The fraction of sp³-hybridized carbons (Fsp3) is 0. The lowest BCUT2D eigenvalue weighted by molar-refractivity contribution is 0.670. The molecule has 332 valence electrons. The van der Waals surface area contributed by atoms with Crippen molar-refractivity contribution in [2.24, 2.45) is 0 Å². The first-order valence-electron chi connectivity index (χ1n) is 24.1. The van der Waals surface area contributed by atoms with Crippen LogP contribution < -0.4 is 4.90 Å². The van der Waals surface area contributed by atoms with E-state index < -0.39 is 0 Å². The van der Waals surface area contributed by atoms with E-state index in [1.807, 2.05) is 22.7 Å². The topological polar surface area (TPSA) is 21.3 Å². The van der Waals surface area contributed by atoms with Gasteiger partial charge in [0.05, 0.1) is 22.1 Å². The summed E-state index contributed by atoms with van der Waals surface area (Å²) in [7, 11) is 0. The Morgan fingerprint density at radius 3 is 1.44 bits per heavy atom. The molecule has 0 N–H and O–H groups in total. The quantitative estimate of drug-likeness (QED) is 0.159. The van der Waals surface area contributed by atoms with Crippen LogP contribution in [-0.4, -0.2) is 4.57 Å². The number of anilines is 3. The zero-order valence-corrected chi connectivity index (χ0v) is 39.8.